The fourth-order valence-electron chi connectivity index (χ4n) is 3.84. The van der Waals surface area contributed by atoms with E-state index in [2.05, 4.69) is 15.6 Å². The number of hydrogen-bond acceptors (Lipinski definition) is 5. The number of aryl methyl sites for hydroxylation is 3. The van der Waals surface area contributed by atoms with E-state index in [1.807, 2.05) is 44.0 Å². The Morgan fingerprint density at radius 3 is 2.69 bits per heavy atom. The standard InChI is InChI=1S/C21H27N5O2S/c1-15-20(29-16(2)22-15)21(27)26(9-8-25-10-12-28-13-11-25)14-19-23-17-6-4-5-7-18(17)24(19)3/h4-7H,8-14H2,1-3H3/p+1. The van der Waals surface area contributed by atoms with Crippen LogP contribution in [-0.2, 0) is 18.3 Å². The lowest BCUT2D eigenvalue weighted by Crippen LogP contribution is -3.14. The van der Waals surface area contributed by atoms with Gasteiger partial charge in [-0.1, -0.05) is 12.1 Å². The molecule has 1 N–H and O–H groups in total. The zero-order chi connectivity index (χ0) is 20.4. The second-order valence-corrected chi connectivity index (χ2v) is 8.77. The molecule has 1 aliphatic heterocycles. The van der Waals surface area contributed by atoms with Crippen molar-refractivity contribution in [2.45, 2.75) is 20.4 Å². The minimum Gasteiger partial charge on any atom is -0.370 e. The largest absolute Gasteiger partial charge is 0.370 e. The van der Waals surface area contributed by atoms with Gasteiger partial charge in [0.15, 0.2) is 0 Å². The first kappa shape index (κ1) is 20.0. The summed E-state index contributed by atoms with van der Waals surface area (Å²) in [5.41, 5.74) is 2.85. The van der Waals surface area contributed by atoms with Gasteiger partial charge in [0.25, 0.3) is 5.91 Å². The van der Waals surface area contributed by atoms with Crippen molar-refractivity contribution in [2.24, 2.45) is 7.05 Å². The van der Waals surface area contributed by atoms with Gasteiger partial charge in [-0.15, -0.1) is 11.3 Å². The zero-order valence-electron chi connectivity index (χ0n) is 17.3. The number of aromatic nitrogens is 3. The Labute approximate surface area is 174 Å². The summed E-state index contributed by atoms with van der Waals surface area (Å²) in [7, 11) is 2.02. The fraction of sp³-hybridized carbons (Fsp3) is 0.476. The first-order valence-corrected chi connectivity index (χ1v) is 10.9. The number of hydrogen-bond donors (Lipinski definition) is 1. The van der Waals surface area contributed by atoms with Crippen molar-refractivity contribution in [1.29, 1.82) is 0 Å². The Kier molecular flexibility index (Phi) is 5.94. The predicted octanol–water partition coefficient (Wildman–Crippen LogP) is 1.20. The first-order valence-electron chi connectivity index (χ1n) is 10.1. The SMILES string of the molecule is Cc1nc(C)c(C(=O)N(CC[NH+]2CCOCC2)Cc2nc3ccccc3n2C)s1. The van der Waals surface area contributed by atoms with Gasteiger partial charge >= 0.3 is 0 Å². The van der Waals surface area contributed by atoms with E-state index in [9.17, 15) is 4.79 Å². The van der Waals surface area contributed by atoms with Gasteiger partial charge in [-0.2, -0.15) is 0 Å². The summed E-state index contributed by atoms with van der Waals surface area (Å²) in [6.07, 6.45) is 0. The van der Waals surface area contributed by atoms with E-state index in [0.29, 0.717) is 13.1 Å². The number of carbonyl (C=O) groups is 1. The predicted molar refractivity (Wildman–Crippen MR) is 113 cm³/mol. The molecule has 0 bridgehead atoms. The average molecular weight is 415 g/mol. The molecule has 3 aromatic rings. The highest BCUT2D eigenvalue weighted by molar-refractivity contribution is 7.13. The summed E-state index contributed by atoms with van der Waals surface area (Å²) in [5, 5.41) is 0.923. The molecular formula is C21H28N5O2S+. The van der Waals surface area contributed by atoms with Crippen LogP contribution >= 0.6 is 11.3 Å². The number of benzene rings is 1. The number of fused-ring (bicyclic) bond motifs is 1. The van der Waals surface area contributed by atoms with Crippen LogP contribution < -0.4 is 4.90 Å². The molecule has 0 aliphatic carbocycles. The van der Waals surface area contributed by atoms with Gasteiger partial charge < -0.3 is 19.1 Å². The number of imidazole rings is 1. The summed E-state index contributed by atoms with van der Waals surface area (Å²) in [5.74, 6) is 0.947. The molecule has 154 valence electrons. The summed E-state index contributed by atoms with van der Waals surface area (Å²) in [6.45, 7) is 9.52. The van der Waals surface area contributed by atoms with E-state index < -0.39 is 0 Å². The Hall–Kier alpha value is -2.29. The molecule has 0 spiro atoms. The van der Waals surface area contributed by atoms with Crippen molar-refractivity contribution in [3.63, 3.8) is 0 Å². The maximum atomic E-state index is 13.4. The molecule has 0 saturated carbocycles. The molecule has 1 aromatic carbocycles. The molecule has 1 saturated heterocycles. The van der Waals surface area contributed by atoms with Gasteiger partial charge in [0.2, 0.25) is 0 Å². The summed E-state index contributed by atoms with van der Waals surface area (Å²) in [6, 6.07) is 8.08. The van der Waals surface area contributed by atoms with Crippen LogP contribution in [-0.4, -0.2) is 64.7 Å². The number of thiazole rings is 1. The van der Waals surface area contributed by atoms with E-state index >= 15 is 0 Å². The maximum Gasteiger partial charge on any atom is 0.266 e. The van der Waals surface area contributed by atoms with E-state index in [-0.39, 0.29) is 5.91 Å². The van der Waals surface area contributed by atoms with E-state index in [1.165, 1.54) is 16.2 Å². The minimum atomic E-state index is 0.0489. The third-order valence-electron chi connectivity index (χ3n) is 5.53. The fourth-order valence-corrected chi connectivity index (χ4v) is 4.72. The number of para-hydroxylation sites is 2. The summed E-state index contributed by atoms with van der Waals surface area (Å²) >= 11 is 1.48. The molecule has 0 unspecified atom stereocenters. The number of nitrogens with zero attached hydrogens (tertiary/aromatic N) is 4. The maximum absolute atomic E-state index is 13.4. The van der Waals surface area contributed by atoms with Crippen LogP contribution in [0.1, 0.15) is 26.2 Å². The highest BCUT2D eigenvalue weighted by Crippen LogP contribution is 2.21. The molecule has 0 atom stereocenters. The van der Waals surface area contributed by atoms with Gasteiger partial charge in [0.05, 0.1) is 54.6 Å². The summed E-state index contributed by atoms with van der Waals surface area (Å²) in [4.78, 5) is 26.8. The van der Waals surface area contributed by atoms with Crippen molar-refractivity contribution in [3.05, 3.63) is 45.7 Å². The number of carbonyl (C=O) groups excluding carboxylic acids is 1. The zero-order valence-corrected chi connectivity index (χ0v) is 18.1. The number of morpholine rings is 1. The second kappa shape index (κ2) is 8.61. The van der Waals surface area contributed by atoms with Crippen LogP contribution in [0.5, 0.6) is 0 Å². The number of quaternary nitrogens is 1. The van der Waals surface area contributed by atoms with Gasteiger partial charge in [0.1, 0.15) is 23.8 Å². The first-order chi connectivity index (χ1) is 14.0. The molecule has 2 aromatic heterocycles. The molecule has 3 heterocycles. The number of nitrogens with one attached hydrogen (secondary N) is 1. The van der Waals surface area contributed by atoms with Gasteiger partial charge in [-0.05, 0) is 26.0 Å². The van der Waals surface area contributed by atoms with Crippen molar-refractivity contribution in [2.75, 3.05) is 39.4 Å². The van der Waals surface area contributed by atoms with Crippen LogP contribution in [0.2, 0.25) is 0 Å². The monoisotopic (exact) mass is 414 g/mol. The van der Waals surface area contributed by atoms with Crippen LogP contribution in [0.15, 0.2) is 24.3 Å². The highest BCUT2D eigenvalue weighted by atomic mass is 32.1. The number of rotatable bonds is 6. The molecule has 1 fully saturated rings. The molecule has 0 radical (unpaired) electrons. The smallest absolute Gasteiger partial charge is 0.266 e. The Morgan fingerprint density at radius 1 is 1.24 bits per heavy atom. The topological polar surface area (TPSA) is 64.7 Å². The lowest BCUT2D eigenvalue weighted by Gasteiger charge is -2.27. The Balaban J connectivity index is 1.58. The third-order valence-corrected chi connectivity index (χ3v) is 6.59. The third kappa shape index (κ3) is 4.34. The normalized spacial score (nSPS) is 15.1. The van der Waals surface area contributed by atoms with Gasteiger partial charge in [0, 0.05) is 7.05 Å². The van der Waals surface area contributed by atoms with Crippen LogP contribution in [0.3, 0.4) is 0 Å². The molecular weight excluding hydrogens is 386 g/mol. The molecule has 1 aliphatic rings. The number of ether oxygens (including phenoxy) is 1. The lowest BCUT2D eigenvalue weighted by atomic mass is 10.3. The van der Waals surface area contributed by atoms with E-state index in [1.54, 1.807) is 0 Å². The Morgan fingerprint density at radius 2 is 2.00 bits per heavy atom. The molecule has 29 heavy (non-hydrogen) atoms. The van der Waals surface area contributed by atoms with Crippen molar-refractivity contribution in [3.8, 4) is 0 Å². The Bertz CT molecular complexity index is 1010. The molecule has 8 heteroatoms. The molecule has 7 nitrogen and oxygen atoms in total. The van der Waals surface area contributed by atoms with E-state index in [0.717, 1.165) is 65.3 Å². The van der Waals surface area contributed by atoms with Crippen LogP contribution in [0, 0.1) is 13.8 Å². The van der Waals surface area contributed by atoms with Crippen molar-refractivity contribution >= 4 is 28.3 Å². The second-order valence-electron chi connectivity index (χ2n) is 7.56. The van der Waals surface area contributed by atoms with Crippen LogP contribution in [0.25, 0.3) is 11.0 Å². The average Bonchev–Trinajstić information content (AvgIpc) is 3.24. The van der Waals surface area contributed by atoms with Gasteiger partial charge in [-0.25, -0.2) is 9.97 Å². The van der Waals surface area contributed by atoms with E-state index in [4.69, 9.17) is 9.72 Å². The number of amides is 1. The van der Waals surface area contributed by atoms with Crippen LogP contribution in [0.4, 0.5) is 0 Å². The quantitative estimate of drug-likeness (QED) is 0.659. The molecule has 1 amide bonds. The minimum absolute atomic E-state index is 0.0489. The van der Waals surface area contributed by atoms with Crippen molar-refractivity contribution < 1.29 is 14.4 Å². The van der Waals surface area contributed by atoms with Crippen molar-refractivity contribution in [1.82, 2.24) is 19.4 Å². The summed E-state index contributed by atoms with van der Waals surface area (Å²) < 4.78 is 7.55. The molecule has 4 rings (SSSR count). The lowest BCUT2D eigenvalue weighted by molar-refractivity contribution is -0.907. The van der Waals surface area contributed by atoms with Gasteiger partial charge in [-0.3, -0.25) is 4.79 Å². The highest BCUT2D eigenvalue weighted by Gasteiger charge is 2.25.